The summed E-state index contributed by atoms with van der Waals surface area (Å²) in [7, 11) is 0. The molecule has 1 spiro atoms. The van der Waals surface area contributed by atoms with Gasteiger partial charge in [-0.1, -0.05) is 13.3 Å². The fourth-order valence-corrected chi connectivity index (χ4v) is 3.65. The number of nitrogens with zero attached hydrogens (tertiary/aromatic N) is 3. The minimum atomic E-state index is -0.449. The van der Waals surface area contributed by atoms with Crippen molar-refractivity contribution in [1.82, 2.24) is 14.8 Å². The van der Waals surface area contributed by atoms with E-state index in [4.69, 9.17) is 10.5 Å². The van der Waals surface area contributed by atoms with Gasteiger partial charge in [0.2, 0.25) is 0 Å². The summed E-state index contributed by atoms with van der Waals surface area (Å²) in [6, 6.07) is 3.51. The standard InChI is InChI=1S/C18H26N4O3/c1-3-4-13(2)22-12-18(25-17(22)24)7-9-21(10-8-18)16(23)14-5-6-15(19)20-11-14/h5-6,11,13H,3-4,7-10,12H2,1-2H3,(H2,19,20). The molecule has 1 aromatic heterocycles. The number of ether oxygens (including phenoxy) is 1. The lowest BCUT2D eigenvalue weighted by molar-refractivity contribution is 0.00306. The van der Waals surface area contributed by atoms with Gasteiger partial charge in [0.15, 0.2) is 0 Å². The molecule has 0 bridgehead atoms. The zero-order chi connectivity index (χ0) is 18.0. The van der Waals surface area contributed by atoms with Crippen molar-refractivity contribution >= 4 is 17.8 Å². The van der Waals surface area contributed by atoms with Crippen LogP contribution in [-0.2, 0) is 4.74 Å². The van der Waals surface area contributed by atoms with E-state index >= 15 is 0 Å². The van der Waals surface area contributed by atoms with Crippen molar-refractivity contribution in [1.29, 1.82) is 0 Å². The first-order chi connectivity index (χ1) is 11.9. The van der Waals surface area contributed by atoms with Crippen molar-refractivity contribution < 1.29 is 14.3 Å². The van der Waals surface area contributed by atoms with E-state index < -0.39 is 5.60 Å². The molecule has 0 aromatic carbocycles. The van der Waals surface area contributed by atoms with E-state index in [9.17, 15) is 9.59 Å². The number of carbonyl (C=O) groups is 2. The first kappa shape index (κ1) is 17.5. The molecule has 2 aliphatic rings. The summed E-state index contributed by atoms with van der Waals surface area (Å²) in [5.41, 5.74) is 5.65. The highest BCUT2D eigenvalue weighted by molar-refractivity contribution is 5.94. The Hall–Kier alpha value is -2.31. The molecule has 3 rings (SSSR count). The number of likely N-dealkylation sites (tertiary alicyclic amines) is 1. The average Bonchev–Trinajstić information content (AvgIpc) is 2.92. The van der Waals surface area contributed by atoms with Crippen molar-refractivity contribution in [3.63, 3.8) is 0 Å². The molecule has 1 atom stereocenters. The Morgan fingerprint density at radius 1 is 1.40 bits per heavy atom. The van der Waals surface area contributed by atoms with Crippen LogP contribution >= 0.6 is 0 Å². The van der Waals surface area contributed by atoms with Gasteiger partial charge in [-0.15, -0.1) is 0 Å². The summed E-state index contributed by atoms with van der Waals surface area (Å²) in [5.74, 6) is 0.344. The van der Waals surface area contributed by atoms with Crippen molar-refractivity contribution in [2.75, 3.05) is 25.4 Å². The van der Waals surface area contributed by atoms with Crippen LogP contribution in [0.1, 0.15) is 49.9 Å². The third-order valence-corrected chi connectivity index (χ3v) is 5.23. The maximum atomic E-state index is 12.6. The first-order valence-electron chi connectivity index (χ1n) is 8.94. The Balaban J connectivity index is 1.61. The SMILES string of the molecule is CCCC(C)N1CC2(CCN(C(=O)c3ccc(N)nc3)CC2)OC1=O. The third kappa shape index (κ3) is 3.55. The highest BCUT2D eigenvalue weighted by atomic mass is 16.6. The predicted molar refractivity (Wildman–Crippen MR) is 94.1 cm³/mol. The van der Waals surface area contributed by atoms with Crippen LogP contribution in [-0.4, -0.2) is 58.1 Å². The largest absolute Gasteiger partial charge is 0.441 e. The molecule has 2 saturated heterocycles. The quantitative estimate of drug-likeness (QED) is 0.903. The number of hydrogen-bond donors (Lipinski definition) is 1. The van der Waals surface area contributed by atoms with Gasteiger partial charge in [0.25, 0.3) is 5.91 Å². The molecule has 25 heavy (non-hydrogen) atoms. The molecule has 2 aliphatic heterocycles. The van der Waals surface area contributed by atoms with Gasteiger partial charge >= 0.3 is 6.09 Å². The Morgan fingerprint density at radius 3 is 2.72 bits per heavy atom. The summed E-state index contributed by atoms with van der Waals surface area (Å²) in [6.07, 6.45) is 4.63. The second-order valence-corrected chi connectivity index (χ2v) is 7.08. The van der Waals surface area contributed by atoms with Crippen molar-refractivity contribution in [2.24, 2.45) is 0 Å². The number of hydrogen-bond acceptors (Lipinski definition) is 5. The predicted octanol–water partition coefficient (Wildman–Crippen LogP) is 2.28. The topological polar surface area (TPSA) is 88.8 Å². The monoisotopic (exact) mass is 346 g/mol. The molecule has 7 heteroatoms. The molecule has 0 saturated carbocycles. The van der Waals surface area contributed by atoms with Gasteiger partial charge in [-0.2, -0.15) is 0 Å². The Labute approximate surface area is 148 Å². The molecule has 136 valence electrons. The first-order valence-corrected chi connectivity index (χ1v) is 8.94. The van der Waals surface area contributed by atoms with Gasteiger partial charge in [-0.3, -0.25) is 4.79 Å². The van der Waals surface area contributed by atoms with E-state index in [0.29, 0.717) is 43.9 Å². The number of nitrogens with two attached hydrogens (primary N) is 1. The fourth-order valence-electron chi connectivity index (χ4n) is 3.65. The van der Waals surface area contributed by atoms with Crippen LogP contribution in [0.15, 0.2) is 18.3 Å². The van der Waals surface area contributed by atoms with E-state index in [0.717, 1.165) is 12.8 Å². The van der Waals surface area contributed by atoms with Crippen LogP contribution in [0.4, 0.5) is 10.6 Å². The van der Waals surface area contributed by atoms with Gasteiger partial charge in [-0.05, 0) is 25.5 Å². The molecule has 2 amide bonds. The molecule has 7 nitrogen and oxygen atoms in total. The average molecular weight is 346 g/mol. The lowest BCUT2D eigenvalue weighted by Gasteiger charge is -2.37. The summed E-state index contributed by atoms with van der Waals surface area (Å²) in [5, 5.41) is 0. The number of aromatic nitrogens is 1. The van der Waals surface area contributed by atoms with Crippen LogP contribution in [0.5, 0.6) is 0 Å². The van der Waals surface area contributed by atoms with E-state index in [1.54, 1.807) is 17.0 Å². The molecule has 0 radical (unpaired) electrons. The van der Waals surface area contributed by atoms with Crippen molar-refractivity contribution in [3.8, 4) is 0 Å². The van der Waals surface area contributed by atoms with Crippen molar-refractivity contribution in [2.45, 2.75) is 51.2 Å². The van der Waals surface area contributed by atoms with E-state index in [1.165, 1.54) is 6.20 Å². The lowest BCUT2D eigenvalue weighted by Crippen LogP contribution is -2.49. The Morgan fingerprint density at radius 2 is 2.12 bits per heavy atom. The summed E-state index contributed by atoms with van der Waals surface area (Å²) in [6.45, 7) is 5.96. The number of rotatable bonds is 4. The summed E-state index contributed by atoms with van der Waals surface area (Å²) >= 11 is 0. The fraction of sp³-hybridized carbons (Fsp3) is 0.611. The molecular weight excluding hydrogens is 320 g/mol. The van der Waals surface area contributed by atoms with E-state index in [1.807, 2.05) is 4.90 Å². The number of amides is 2. The Bertz CT molecular complexity index is 638. The molecule has 3 heterocycles. The van der Waals surface area contributed by atoms with E-state index in [2.05, 4.69) is 18.8 Å². The molecule has 2 fully saturated rings. The molecule has 1 unspecified atom stereocenters. The van der Waals surface area contributed by atoms with Crippen LogP contribution in [0, 0.1) is 0 Å². The maximum Gasteiger partial charge on any atom is 0.410 e. The highest BCUT2D eigenvalue weighted by Gasteiger charge is 2.48. The smallest absolute Gasteiger partial charge is 0.410 e. The Kier molecular flexibility index (Phi) is 4.83. The number of anilines is 1. The normalized spacial score (nSPS) is 20.6. The molecule has 1 aromatic rings. The lowest BCUT2D eigenvalue weighted by atomic mass is 9.90. The third-order valence-electron chi connectivity index (χ3n) is 5.23. The zero-order valence-electron chi connectivity index (χ0n) is 14.9. The number of nitrogen functional groups attached to an aromatic ring is 1. The minimum Gasteiger partial charge on any atom is -0.441 e. The second kappa shape index (κ2) is 6.90. The van der Waals surface area contributed by atoms with Crippen molar-refractivity contribution in [3.05, 3.63) is 23.9 Å². The number of pyridine rings is 1. The number of piperidine rings is 1. The van der Waals surface area contributed by atoms with E-state index in [-0.39, 0.29) is 18.0 Å². The highest BCUT2D eigenvalue weighted by Crippen LogP contribution is 2.35. The molecule has 0 aliphatic carbocycles. The molecular formula is C18H26N4O3. The summed E-state index contributed by atoms with van der Waals surface area (Å²) in [4.78, 5) is 32.4. The van der Waals surface area contributed by atoms with Crippen LogP contribution in [0.2, 0.25) is 0 Å². The van der Waals surface area contributed by atoms with Crippen LogP contribution < -0.4 is 5.73 Å². The molecule has 2 N–H and O–H groups in total. The summed E-state index contributed by atoms with van der Waals surface area (Å²) < 4.78 is 5.74. The maximum absolute atomic E-state index is 12.6. The van der Waals surface area contributed by atoms with Gasteiger partial charge in [0.1, 0.15) is 11.4 Å². The minimum absolute atomic E-state index is 0.0529. The van der Waals surface area contributed by atoms with Crippen LogP contribution in [0.3, 0.4) is 0 Å². The van der Waals surface area contributed by atoms with Crippen LogP contribution in [0.25, 0.3) is 0 Å². The second-order valence-electron chi connectivity index (χ2n) is 7.08. The van der Waals surface area contributed by atoms with Gasteiger partial charge in [0.05, 0.1) is 12.1 Å². The van der Waals surface area contributed by atoms with Gasteiger partial charge in [-0.25, -0.2) is 9.78 Å². The zero-order valence-corrected chi connectivity index (χ0v) is 14.9. The van der Waals surface area contributed by atoms with Gasteiger partial charge in [0, 0.05) is 38.2 Å². The number of carbonyl (C=O) groups excluding carboxylic acids is 2. The van der Waals surface area contributed by atoms with Gasteiger partial charge < -0.3 is 20.3 Å².